The van der Waals surface area contributed by atoms with E-state index < -0.39 is 5.97 Å². The maximum Gasteiger partial charge on any atom is 0.337 e. The number of hydrogen-bond acceptors (Lipinski definition) is 3. The van der Waals surface area contributed by atoms with Gasteiger partial charge in [-0.1, -0.05) is 24.3 Å². The molecule has 0 unspecified atom stereocenters. The lowest BCUT2D eigenvalue weighted by Gasteiger charge is -2.12. The summed E-state index contributed by atoms with van der Waals surface area (Å²) in [6, 6.07) is 14.7. The van der Waals surface area contributed by atoms with Crippen LogP contribution in [-0.2, 0) is 0 Å². The highest BCUT2D eigenvalue weighted by atomic mass is 32.2. The maximum atomic E-state index is 11.1. The molecule has 0 aliphatic heterocycles. The minimum Gasteiger partial charge on any atom is -0.478 e. The van der Waals surface area contributed by atoms with E-state index in [-0.39, 0.29) is 5.56 Å². The highest BCUT2D eigenvalue weighted by Crippen LogP contribution is 2.29. The Morgan fingerprint density at radius 3 is 2.33 bits per heavy atom. The van der Waals surface area contributed by atoms with Crippen LogP contribution < -0.4 is 5.32 Å². The van der Waals surface area contributed by atoms with Crippen molar-refractivity contribution in [1.82, 2.24) is 0 Å². The molecule has 0 heterocycles. The Balaban J connectivity index is 2.37. The van der Waals surface area contributed by atoms with Crippen LogP contribution in [0.15, 0.2) is 53.4 Å². The maximum absolute atomic E-state index is 11.1. The van der Waals surface area contributed by atoms with E-state index in [0.717, 1.165) is 10.6 Å². The van der Waals surface area contributed by atoms with E-state index in [9.17, 15) is 4.79 Å². The van der Waals surface area contributed by atoms with Gasteiger partial charge in [0.15, 0.2) is 0 Å². The van der Waals surface area contributed by atoms with E-state index in [1.165, 1.54) is 0 Å². The fourth-order valence-electron chi connectivity index (χ4n) is 1.67. The van der Waals surface area contributed by atoms with Crippen molar-refractivity contribution in [2.75, 3.05) is 11.6 Å². The van der Waals surface area contributed by atoms with Gasteiger partial charge in [0.2, 0.25) is 0 Å². The van der Waals surface area contributed by atoms with Gasteiger partial charge >= 0.3 is 5.97 Å². The molecule has 0 fully saturated rings. The number of benzene rings is 2. The third-order valence-electron chi connectivity index (χ3n) is 2.53. The molecule has 2 N–H and O–H groups in total. The zero-order chi connectivity index (χ0) is 13.0. The first-order valence-electron chi connectivity index (χ1n) is 5.44. The van der Waals surface area contributed by atoms with Crippen LogP contribution in [0.3, 0.4) is 0 Å². The summed E-state index contributed by atoms with van der Waals surface area (Å²) < 4.78 is 0. The van der Waals surface area contributed by atoms with Crippen LogP contribution >= 0.6 is 11.8 Å². The van der Waals surface area contributed by atoms with Crippen molar-refractivity contribution in [3.8, 4) is 0 Å². The molecule has 0 aromatic heterocycles. The number of nitrogens with one attached hydrogen (secondary N) is 1. The van der Waals surface area contributed by atoms with Crippen LogP contribution in [0.2, 0.25) is 0 Å². The number of carbonyl (C=O) groups is 1. The summed E-state index contributed by atoms with van der Waals surface area (Å²) in [5, 5.41) is 12.3. The number of aromatic carboxylic acids is 1. The number of thioether (sulfide) groups is 1. The van der Waals surface area contributed by atoms with Crippen LogP contribution in [-0.4, -0.2) is 17.3 Å². The second-order valence-corrected chi connectivity index (χ2v) is 4.52. The van der Waals surface area contributed by atoms with E-state index in [1.54, 1.807) is 30.0 Å². The molecule has 2 rings (SSSR count). The van der Waals surface area contributed by atoms with E-state index >= 15 is 0 Å². The van der Waals surface area contributed by atoms with Gasteiger partial charge in [-0.15, -0.1) is 11.8 Å². The SMILES string of the molecule is CSc1ccccc1Nc1ccccc1C(=O)O. The summed E-state index contributed by atoms with van der Waals surface area (Å²) in [6.45, 7) is 0. The summed E-state index contributed by atoms with van der Waals surface area (Å²) in [6.07, 6.45) is 1.99. The molecule has 0 aliphatic rings. The van der Waals surface area contributed by atoms with Crippen molar-refractivity contribution in [2.45, 2.75) is 4.90 Å². The van der Waals surface area contributed by atoms with Crippen LogP contribution in [0.5, 0.6) is 0 Å². The molecule has 0 radical (unpaired) electrons. The third kappa shape index (κ3) is 2.65. The first kappa shape index (κ1) is 12.5. The van der Waals surface area contributed by atoms with Gasteiger partial charge in [0.25, 0.3) is 0 Å². The number of carboxylic acids is 1. The van der Waals surface area contributed by atoms with Gasteiger partial charge in [-0.2, -0.15) is 0 Å². The highest BCUT2D eigenvalue weighted by molar-refractivity contribution is 7.98. The van der Waals surface area contributed by atoms with Crippen molar-refractivity contribution in [3.05, 3.63) is 54.1 Å². The second-order valence-electron chi connectivity index (χ2n) is 3.68. The van der Waals surface area contributed by atoms with E-state index in [4.69, 9.17) is 5.11 Å². The minimum absolute atomic E-state index is 0.272. The fraction of sp³-hybridized carbons (Fsp3) is 0.0714. The third-order valence-corrected chi connectivity index (χ3v) is 3.33. The van der Waals surface area contributed by atoms with Crippen molar-refractivity contribution in [2.24, 2.45) is 0 Å². The standard InChI is InChI=1S/C14H13NO2S/c1-18-13-9-5-4-8-12(13)15-11-7-3-2-6-10(11)14(16)17/h2-9,15H,1H3,(H,16,17). The van der Waals surface area contributed by atoms with Crippen molar-refractivity contribution in [1.29, 1.82) is 0 Å². The molecule has 3 nitrogen and oxygen atoms in total. The lowest BCUT2D eigenvalue weighted by atomic mass is 10.1. The normalized spacial score (nSPS) is 10.1. The van der Waals surface area contributed by atoms with E-state index in [2.05, 4.69) is 5.32 Å². The zero-order valence-corrected chi connectivity index (χ0v) is 10.7. The van der Waals surface area contributed by atoms with Crippen LogP contribution in [0.25, 0.3) is 0 Å². The largest absolute Gasteiger partial charge is 0.478 e. The molecule has 0 bridgehead atoms. The monoisotopic (exact) mass is 259 g/mol. The first-order chi connectivity index (χ1) is 8.72. The molecule has 0 amide bonds. The van der Waals surface area contributed by atoms with Crippen LogP contribution in [0.4, 0.5) is 11.4 Å². The molecule has 0 saturated heterocycles. The second kappa shape index (κ2) is 5.60. The first-order valence-corrected chi connectivity index (χ1v) is 6.67. The molecule has 4 heteroatoms. The van der Waals surface area contributed by atoms with E-state index in [0.29, 0.717) is 5.69 Å². The van der Waals surface area contributed by atoms with E-state index in [1.807, 2.05) is 36.6 Å². The Morgan fingerprint density at radius 1 is 1.06 bits per heavy atom. The average Bonchev–Trinajstić information content (AvgIpc) is 2.40. The number of hydrogen-bond donors (Lipinski definition) is 2. The molecule has 0 atom stereocenters. The summed E-state index contributed by atoms with van der Waals surface area (Å²) in [5.41, 5.74) is 1.79. The van der Waals surface area contributed by atoms with Gasteiger partial charge in [0.05, 0.1) is 16.9 Å². The number of rotatable bonds is 4. The predicted octanol–water partition coefficient (Wildman–Crippen LogP) is 3.85. The smallest absolute Gasteiger partial charge is 0.337 e. The molecular formula is C14H13NO2S. The predicted molar refractivity (Wildman–Crippen MR) is 74.9 cm³/mol. The topological polar surface area (TPSA) is 49.3 Å². The summed E-state index contributed by atoms with van der Waals surface area (Å²) in [4.78, 5) is 12.2. The summed E-state index contributed by atoms with van der Waals surface area (Å²) in [5.74, 6) is -0.931. The van der Waals surface area contributed by atoms with Gasteiger partial charge < -0.3 is 10.4 Å². The number of carboxylic acid groups (broad SMARTS) is 1. The van der Waals surface area contributed by atoms with Gasteiger partial charge in [-0.25, -0.2) is 4.79 Å². The van der Waals surface area contributed by atoms with Crippen LogP contribution in [0.1, 0.15) is 10.4 Å². The average molecular weight is 259 g/mol. The molecule has 0 aliphatic carbocycles. The van der Waals surface area contributed by atoms with Crippen LogP contribution in [0, 0.1) is 0 Å². The lowest BCUT2D eigenvalue weighted by molar-refractivity contribution is 0.0698. The molecule has 0 saturated carbocycles. The Bertz CT molecular complexity index is 569. The Labute approximate surface area is 110 Å². The summed E-state index contributed by atoms with van der Waals surface area (Å²) in [7, 11) is 0. The Hall–Kier alpha value is -1.94. The van der Waals surface area contributed by atoms with Gasteiger partial charge in [0, 0.05) is 4.90 Å². The lowest BCUT2D eigenvalue weighted by Crippen LogP contribution is -2.02. The van der Waals surface area contributed by atoms with Crippen molar-refractivity contribution in [3.63, 3.8) is 0 Å². The van der Waals surface area contributed by atoms with Gasteiger partial charge in [0.1, 0.15) is 0 Å². The quantitative estimate of drug-likeness (QED) is 0.819. The molecule has 2 aromatic rings. The highest BCUT2D eigenvalue weighted by Gasteiger charge is 2.10. The molecule has 18 heavy (non-hydrogen) atoms. The number of anilines is 2. The molecular weight excluding hydrogens is 246 g/mol. The number of para-hydroxylation sites is 2. The molecule has 2 aromatic carbocycles. The molecule has 92 valence electrons. The van der Waals surface area contributed by atoms with Gasteiger partial charge in [-0.3, -0.25) is 0 Å². The van der Waals surface area contributed by atoms with Crippen molar-refractivity contribution < 1.29 is 9.90 Å². The minimum atomic E-state index is -0.931. The zero-order valence-electron chi connectivity index (χ0n) is 9.88. The fourth-order valence-corrected chi connectivity index (χ4v) is 2.23. The molecule has 0 spiro atoms. The summed E-state index contributed by atoms with van der Waals surface area (Å²) >= 11 is 1.62. The van der Waals surface area contributed by atoms with Gasteiger partial charge in [-0.05, 0) is 30.5 Å². The Morgan fingerprint density at radius 2 is 1.67 bits per heavy atom. The van der Waals surface area contributed by atoms with Crippen molar-refractivity contribution >= 4 is 29.1 Å². The Kier molecular flexibility index (Phi) is 3.89.